The lowest BCUT2D eigenvalue weighted by molar-refractivity contribution is 0.581. The summed E-state index contributed by atoms with van der Waals surface area (Å²) in [5.74, 6) is 0.924. The molecule has 0 radical (unpaired) electrons. The molecule has 0 fully saturated rings. The molecule has 2 heterocycles. The van der Waals surface area contributed by atoms with Crippen LogP contribution in [-0.2, 0) is 5.41 Å². The van der Waals surface area contributed by atoms with Crippen molar-refractivity contribution in [3.8, 4) is 0 Å². The van der Waals surface area contributed by atoms with Crippen LogP contribution in [0.15, 0.2) is 75.1 Å². The summed E-state index contributed by atoms with van der Waals surface area (Å²) in [6.07, 6.45) is 3.51. The highest BCUT2D eigenvalue weighted by Crippen LogP contribution is 2.37. The van der Waals surface area contributed by atoms with E-state index in [1.807, 2.05) is 13.1 Å². The topological polar surface area (TPSA) is 37.9 Å². The normalized spacial score (nSPS) is 12.9. The Kier molecular flexibility index (Phi) is 4.75. The van der Waals surface area contributed by atoms with Crippen LogP contribution in [-0.4, -0.2) is 12.6 Å². The quantitative estimate of drug-likeness (QED) is 0.212. The van der Waals surface area contributed by atoms with Crippen LogP contribution < -0.4 is 0 Å². The van der Waals surface area contributed by atoms with Gasteiger partial charge in [-0.05, 0) is 70.6 Å². The molecule has 0 aliphatic carbocycles. The van der Waals surface area contributed by atoms with Gasteiger partial charge in [-0.15, -0.1) is 11.3 Å². The van der Waals surface area contributed by atoms with Crippen LogP contribution in [0.5, 0.6) is 0 Å². The molecule has 0 spiro atoms. The Balaban J connectivity index is 1.45. The first-order valence-corrected chi connectivity index (χ1v) is 11.2. The van der Waals surface area contributed by atoms with E-state index in [9.17, 15) is 0 Å². The van der Waals surface area contributed by atoms with Crippen LogP contribution in [0.1, 0.15) is 37.7 Å². The Hall–Kier alpha value is -3.24. The molecule has 0 atom stereocenters. The highest BCUT2D eigenvalue weighted by molar-refractivity contribution is 7.22. The zero-order valence-electron chi connectivity index (χ0n) is 18.1. The molecule has 154 valence electrons. The van der Waals surface area contributed by atoms with E-state index in [4.69, 9.17) is 4.42 Å². The van der Waals surface area contributed by atoms with Gasteiger partial charge in [0.25, 0.3) is 0 Å². The molecule has 5 aromatic rings. The minimum Gasteiger partial charge on any atom is -0.461 e. The van der Waals surface area contributed by atoms with E-state index in [1.165, 1.54) is 21.0 Å². The summed E-state index contributed by atoms with van der Waals surface area (Å²) in [7, 11) is 0. The van der Waals surface area contributed by atoms with Crippen molar-refractivity contribution < 1.29 is 4.42 Å². The maximum Gasteiger partial charge on any atom is 0.143 e. The van der Waals surface area contributed by atoms with Gasteiger partial charge in [0.05, 0.1) is 0 Å². The predicted molar refractivity (Wildman–Crippen MR) is 135 cm³/mol. The highest BCUT2D eigenvalue weighted by Gasteiger charge is 2.17. The second-order valence-corrected chi connectivity index (χ2v) is 9.96. The molecule has 0 saturated heterocycles. The van der Waals surface area contributed by atoms with E-state index in [1.54, 1.807) is 17.7 Å². The minimum absolute atomic E-state index is 0.0597. The van der Waals surface area contributed by atoms with Gasteiger partial charge in [0.15, 0.2) is 0 Å². The number of nitrogens with zero attached hydrogens (tertiary/aromatic N) is 2. The molecule has 0 amide bonds. The van der Waals surface area contributed by atoms with E-state index in [0.29, 0.717) is 0 Å². The molecule has 31 heavy (non-hydrogen) atoms. The Morgan fingerprint density at radius 3 is 2.58 bits per heavy atom. The van der Waals surface area contributed by atoms with Crippen LogP contribution in [0, 0.1) is 6.92 Å². The van der Waals surface area contributed by atoms with Crippen molar-refractivity contribution in [2.45, 2.75) is 33.1 Å². The number of furan rings is 1. The van der Waals surface area contributed by atoms with Crippen molar-refractivity contribution >= 4 is 60.7 Å². The van der Waals surface area contributed by atoms with Gasteiger partial charge in [-0.2, -0.15) is 0 Å². The SMILES string of the molecule is Cc1cc2ccc3sc(/N=C\N=Cc4cc(C(C)(C)C)c5ccccc5c4)cc3c2o1. The fourth-order valence-corrected chi connectivity index (χ4v) is 4.93. The van der Waals surface area contributed by atoms with Gasteiger partial charge >= 0.3 is 0 Å². The zero-order chi connectivity index (χ0) is 21.6. The molecule has 2 aromatic heterocycles. The number of hydrogen-bond donors (Lipinski definition) is 0. The van der Waals surface area contributed by atoms with Crippen LogP contribution >= 0.6 is 11.3 Å². The molecule has 0 saturated carbocycles. The van der Waals surface area contributed by atoms with Gasteiger partial charge in [0.2, 0.25) is 0 Å². The number of benzene rings is 3. The van der Waals surface area contributed by atoms with E-state index < -0.39 is 0 Å². The molecular formula is C27H24N2OS. The van der Waals surface area contributed by atoms with E-state index in [-0.39, 0.29) is 5.41 Å². The van der Waals surface area contributed by atoms with Crippen molar-refractivity contribution in [2.24, 2.45) is 9.98 Å². The smallest absolute Gasteiger partial charge is 0.143 e. The standard InChI is InChI=1S/C27H24N2OS/c1-17-11-20-9-10-24-22(26(20)30-17)14-25(31-24)29-16-28-15-18-12-19-7-5-6-8-21(19)23(13-18)27(2,3)4/h5-16H,1-4H3/b28-15?,29-16-. The third-order valence-electron chi connectivity index (χ3n) is 5.46. The summed E-state index contributed by atoms with van der Waals surface area (Å²) >= 11 is 1.64. The second-order valence-electron chi connectivity index (χ2n) is 8.90. The maximum atomic E-state index is 5.88. The molecule has 3 nitrogen and oxygen atoms in total. The first kappa shape index (κ1) is 19.7. The summed E-state index contributed by atoms with van der Waals surface area (Å²) in [6.45, 7) is 8.71. The van der Waals surface area contributed by atoms with Gasteiger partial charge in [-0.1, -0.05) is 45.0 Å². The van der Waals surface area contributed by atoms with Gasteiger partial charge in [0, 0.05) is 21.7 Å². The molecule has 0 N–H and O–H groups in total. The molecule has 4 heteroatoms. The Bertz CT molecular complexity index is 1480. The Morgan fingerprint density at radius 1 is 0.903 bits per heavy atom. The first-order valence-electron chi connectivity index (χ1n) is 10.4. The fourth-order valence-electron chi connectivity index (χ4n) is 4.03. The van der Waals surface area contributed by atoms with Gasteiger partial charge < -0.3 is 4.42 Å². The molecule has 0 aliphatic rings. The lowest BCUT2D eigenvalue weighted by atomic mass is 9.83. The monoisotopic (exact) mass is 424 g/mol. The summed E-state index contributed by atoms with van der Waals surface area (Å²) < 4.78 is 7.05. The number of aryl methyl sites for hydroxylation is 1. The van der Waals surface area contributed by atoms with Crippen LogP contribution in [0.4, 0.5) is 5.00 Å². The molecule has 0 aliphatic heterocycles. The van der Waals surface area contributed by atoms with Crippen LogP contribution in [0.25, 0.3) is 31.8 Å². The Morgan fingerprint density at radius 2 is 1.74 bits per heavy atom. The number of fused-ring (bicyclic) bond motifs is 4. The first-order chi connectivity index (χ1) is 14.9. The average molecular weight is 425 g/mol. The lowest BCUT2D eigenvalue weighted by Gasteiger charge is -2.22. The van der Waals surface area contributed by atoms with E-state index in [0.717, 1.165) is 32.7 Å². The minimum atomic E-state index is 0.0597. The van der Waals surface area contributed by atoms with Crippen LogP contribution in [0.2, 0.25) is 0 Å². The third kappa shape index (κ3) is 3.79. The highest BCUT2D eigenvalue weighted by atomic mass is 32.1. The number of thiophene rings is 1. The van der Waals surface area contributed by atoms with Crippen LogP contribution in [0.3, 0.4) is 0 Å². The molecule has 5 rings (SSSR count). The Labute approximate surface area is 185 Å². The average Bonchev–Trinajstić information content (AvgIpc) is 3.32. The summed E-state index contributed by atoms with van der Waals surface area (Å²) in [6, 6.07) is 21.3. The predicted octanol–water partition coefficient (Wildman–Crippen LogP) is 8.19. The van der Waals surface area contributed by atoms with Gasteiger partial charge in [-0.25, -0.2) is 9.98 Å². The van der Waals surface area contributed by atoms with E-state index in [2.05, 4.69) is 91.4 Å². The number of rotatable bonds is 3. The number of aliphatic imine (C=N–C) groups is 2. The second kappa shape index (κ2) is 7.47. The summed E-state index contributed by atoms with van der Waals surface area (Å²) in [5.41, 5.74) is 3.40. The molecule has 3 aromatic carbocycles. The summed E-state index contributed by atoms with van der Waals surface area (Å²) in [5, 5.41) is 5.68. The van der Waals surface area contributed by atoms with Crippen molar-refractivity contribution in [3.63, 3.8) is 0 Å². The van der Waals surface area contributed by atoms with Gasteiger partial charge in [0.1, 0.15) is 22.7 Å². The van der Waals surface area contributed by atoms with Crippen molar-refractivity contribution in [3.05, 3.63) is 77.6 Å². The number of hydrogen-bond acceptors (Lipinski definition) is 3. The van der Waals surface area contributed by atoms with Gasteiger partial charge in [-0.3, -0.25) is 0 Å². The molecule has 0 unspecified atom stereocenters. The van der Waals surface area contributed by atoms with Crippen molar-refractivity contribution in [2.75, 3.05) is 0 Å². The van der Waals surface area contributed by atoms with E-state index >= 15 is 0 Å². The zero-order valence-corrected chi connectivity index (χ0v) is 19.0. The fraction of sp³-hybridized carbons (Fsp3) is 0.185. The lowest BCUT2D eigenvalue weighted by Crippen LogP contribution is -2.12. The third-order valence-corrected chi connectivity index (χ3v) is 6.47. The summed E-state index contributed by atoms with van der Waals surface area (Å²) in [4.78, 5) is 9.03. The maximum absolute atomic E-state index is 5.88. The largest absolute Gasteiger partial charge is 0.461 e. The van der Waals surface area contributed by atoms with Crippen molar-refractivity contribution in [1.29, 1.82) is 0 Å². The molecular weight excluding hydrogens is 400 g/mol. The van der Waals surface area contributed by atoms with Crippen molar-refractivity contribution in [1.82, 2.24) is 0 Å². The molecule has 0 bridgehead atoms.